The second-order valence-electron chi connectivity index (χ2n) is 5.74. The molecule has 132 valence electrons. The normalized spacial score (nSPS) is 11.5. The summed E-state index contributed by atoms with van der Waals surface area (Å²) in [6.07, 6.45) is 0. The zero-order chi connectivity index (χ0) is 18.2. The summed E-state index contributed by atoms with van der Waals surface area (Å²) in [5.41, 5.74) is 1.85. The van der Waals surface area contributed by atoms with E-state index in [9.17, 15) is 9.59 Å². The number of methoxy groups -OCH3 is 1. The van der Waals surface area contributed by atoms with Crippen LogP contribution in [0.3, 0.4) is 0 Å². The van der Waals surface area contributed by atoms with Crippen molar-refractivity contribution in [2.45, 2.75) is 13.0 Å². The number of para-hydroxylation sites is 1. The van der Waals surface area contributed by atoms with E-state index in [1.807, 2.05) is 37.3 Å². The standard InChI is InChI=1S/C19H23N3O3/c1-14(13-25-3)20-19(24)21-16-9-7-8-15(12-16)18(23)22(2)17-10-5-4-6-11-17/h4-12,14H,13H2,1-3H3,(H2,20,21,24). The van der Waals surface area contributed by atoms with Gasteiger partial charge in [0.25, 0.3) is 5.91 Å². The van der Waals surface area contributed by atoms with E-state index >= 15 is 0 Å². The quantitative estimate of drug-likeness (QED) is 0.848. The predicted molar refractivity (Wildman–Crippen MR) is 99.1 cm³/mol. The molecular weight excluding hydrogens is 318 g/mol. The van der Waals surface area contributed by atoms with Crippen molar-refractivity contribution >= 4 is 23.3 Å². The first kappa shape index (κ1) is 18.5. The van der Waals surface area contributed by atoms with Gasteiger partial charge in [0, 0.05) is 31.1 Å². The van der Waals surface area contributed by atoms with Crippen LogP contribution >= 0.6 is 0 Å². The van der Waals surface area contributed by atoms with Crippen LogP contribution in [0.15, 0.2) is 54.6 Å². The van der Waals surface area contributed by atoms with Gasteiger partial charge in [0.2, 0.25) is 0 Å². The molecule has 0 aliphatic heterocycles. The van der Waals surface area contributed by atoms with Gasteiger partial charge in [-0.25, -0.2) is 4.79 Å². The summed E-state index contributed by atoms with van der Waals surface area (Å²) < 4.78 is 4.98. The Bertz CT molecular complexity index is 719. The maximum Gasteiger partial charge on any atom is 0.319 e. The van der Waals surface area contributed by atoms with Crippen molar-refractivity contribution in [3.8, 4) is 0 Å². The second-order valence-corrected chi connectivity index (χ2v) is 5.74. The van der Waals surface area contributed by atoms with E-state index in [1.165, 1.54) is 0 Å². The largest absolute Gasteiger partial charge is 0.383 e. The van der Waals surface area contributed by atoms with Gasteiger partial charge in [-0.05, 0) is 37.3 Å². The molecule has 0 aliphatic carbocycles. The average molecular weight is 341 g/mol. The van der Waals surface area contributed by atoms with E-state index in [0.717, 1.165) is 5.69 Å². The molecule has 2 aromatic rings. The fourth-order valence-corrected chi connectivity index (χ4v) is 2.38. The molecule has 0 aliphatic rings. The lowest BCUT2D eigenvalue weighted by Crippen LogP contribution is -2.38. The molecule has 2 rings (SSSR count). The summed E-state index contributed by atoms with van der Waals surface area (Å²) in [7, 11) is 3.30. The topological polar surface area (TPSA) is 70.7 Å². The van der Waals surface area contributed by atoms with E-state index in [-0.39, 0.29) is 18.0 Å². The van der Waals surface area contributed by atoms with Gasteiger partial charge in [-0.2, -0.15) is 0 Å². The first-order valence-electron chi connectivity index (χ1n) is 8.01. The molecule has 2 aromatic carbocycles. The maximum atomic E-state index is 12.6. The minimum Gasteiger partial charge on any atom is -0.383 e. The molecule has 2 N–H and O–H groups in total. The fraction of sp³-hybridized carbons (Fsp3) is 0.263. The highest BCUT2D eigenvalue weighted by Crippen LogP contribution is 2.17. The number of hydrogen-bond acceptors (Lipinski definition) is 3. The van der Waals surface area contributed by atoms with E-state index in [1.54, 1.807) is 43.3 Å². The van der Waals surface area contributed by atoms with E-state index in [2.05, 4.69) is 10.6 Å². The number of ether oxygens (including phenoxy) is 1. The molecule has 0 aromatic heterocycles. The summed E-state index contributed by atoms with van der Waals surface area (Å²) >= 11 is 0. The highest BCUT2D eigenvalue weighted by molar-refractivity contribution is 6.06. The molecule has 6 nitrogen and oxygen atoms in total. The summed E-state index contributed by atoms with van der Waals surface area (Å²) in [5.74, 6) is -0.150. The third-order valence-corrected chi connectivity index (χ3v) is 3.61. The van der Waals surface area contributed by atoms with Crippen LogP contribution in [0.25, 0.3) is 0 Å². The molecule has 6 heteroatoms. The van der Waals surface area contributed by atoms with E-state index < -0.39 is 0 Å². The van der Waals surface area contributed by atoms with Crippen molar-refractivity contribution in [1.82, 2.24) is 5.32 Å². The van der Waals surface area contributed by atoms with Crippen LogP contribution in [-0.4, -0.2) is 38.7 Å². The SMILES string of the molecule is COCC(C)NC(=O)Nc1cccc(C(=O)N(C)c2ccccc2)c1. The van der Waals surface area contributed by atoms with Crippen LogP contribution in [0.1, 0.15) is 17.3 Å². The number of amides is 3. The fourth-order valence-electron chi connectivity index (χ4n) is 2.38. The van der Waals surface area contributed by atoms with Crippen LogP contribution in [0.2, 0.25) is 0 Å². The lowest BCUT2D eigenvalue weighted by atomic mass is 10.1. The van der Waals surface area contributed by atoms with Crippen molar-refractivity contribution in [2.24, 2.45) is 0 Å². The van der Waals surface area contributed by atoms with Gasteiger partial charge in [-0.1, -0.05) is 24.3 Å². The summed E-state index contributed by atoms with van der Waals surface area (Å²) in [6.45, 7) is 2.27. The van der Waals surface area contributed by atoms with E-state index in [0.29, 0.717) is 17.9 Å². The van der Waals surface area contributed by atoms with Crippen LogP contribution < -0.4 is 15.5 Å². The van der Waals surface area contributed by atoms with Gasteiger partial charge in [-0.15, -0.1) is 0 Å². The molecule has 25 heavy (non-hydrogen) atoms. The molecule has 0 fully saturated rings. The minimum absolute atomic E-state index is 0.112. The van der Waals surface area contributed by atoms with Crippen LogP contribution in [0, 0.1) is 0 Å². The second kappa shape index (κ2) is 8.84. The Hall–Kier alpha value is -2.86. The smallest absolute Gasteiger partial charge is 0.319 e. The van der Waals surface area contributed by atoms with Gasteiger partial charge < -0.3 is 20.3 Å². The van der Waals surface area contributed by atoms with Crippen LogP contribution in [0.4, 0.5) is 16.2 Å². The van der Waals surface area contributed by atoms with Crippen molar-refractivity contribution in [1.29, 1.82) is 0 Å². The van der Waals surface area contributed by atoms with Gasteiger partial charge in [-0.3, -0.25) is 4.79 Å². The highest BCUT2D eigenvalue weighted by Gasteiger charge is 2.14. The monoisotopic (exact) mass is 341 g/mol. The van der Waals surface area contributed by atoms with Gasteiger partial charge in [0.1, 0.15) is 0 Å². The van der Waals surface area contributed by atoms with Crippen LogP contribution in [-0.2, 0) is 4.74 Å². The number of carbonyl (C=O) groups excluding carboxylic acids is 2. The van der Waals surface area contributed by atoms with Crippen molar-refractivity contribution in [3.63, 3.8) is 0 Å². The molecule has 0 bridgehead atoms. The summed E-state index contributed by atoms with van der Waals surface area (Å²) in [4.78, 5) is 26.2. The number of carbonyl (C=O) groups is 2. The zero-order valence-electron chi connectivity index (χ0n) is 14.7. The third-order valence-electron chi connectivity index (χ3n) is 3.61. The molecule has 0 saturated heterocycles. The highest BCUT2D eigenvalue weighted by atomic mass is 16.5. The van der Waals surface area contributed by atoms with Crippen molar-refractivity contribution < 1.29 is 14.3 Å². The molecule has 0 heterocycles. The zero-order valence-corrected chi connectivity index (χ0v) is 14.7. The number of benzene rings is 2. The third kappa shape index (κ3) is 5.32. The lowest BCUT2D eigenvalue weighted by Gasteiger charge is -2.18. The summed E-state index contributed by atoms with van der Waals surface area (Å²) in [6, 6.07) is 15.8. The summed E-state index contributed by atoms with van der Waals surface area (Å²) in [5, 5.41) is 5.49. The van der Waals surface area contributed by atoms with Crippen LogP contribution in [0.5, 0.6) is 0 Å². The number of rotatable bonds is 6. The molecular formula is C19H23N3O3. The Kier molecular flexibility index (Phi) is 6.54. The molecule has 3 amide bonds. The number of anilines is 2. The van der Waals surface area contributed by atoms with Gasteiger partial charge >= 0.3 is 6.03 Å². The van der Waals surface area contributed by atoms with E-state index in [4.69, 9.17) is 4.74 Å². The molecule has 1 atom stereocenters. The first-order valence-corrected chi connectivity index (χ1v) is 8.01. The predicted octanol–water partition coefficient (Wildman–Crippen LogP) is 3.12. The van der Waals surface area contributed by atoms with Gasteiger partial charge in [0.15, 0.2) is 0 Å². The maximum absolute atomic E-state index is 12.6. The molecule has 0 saturated carbocycles. The Morgan fingerprint density at radius 1 is 1.12 bits per heavy atom. The lowest BCUT2D eigenvalue weighted by molar-refractivity contribution is 0.0993. The Morgan fingerprint density at radius 3 is 2.52 bits per heavy atom. The van der Waals surface area contributed by atoms with Crippen molar-refractivity contribution in [3.05, 3.63) is 60.2 Å². The Morgan fingerprint density at radius 2 is 1.84 bits per heavy atom. The van der Waals surface area contributed by atoms with Gasteiger partial charge in [0.05, 0.1) is 12.6 Å². The average Bonchev–Trinajstić information content (AvgIpc) is 2.61. The Balaban J connectivity index is 2.05. The molecule has 1 unspecified atom stereocenters. The number of urea groups is 1. The number of nitrogens with one attached hydrogen (secondary N) is 2. The Labute approximate surface area is 147 Å². The molecule has 0 spiro atoms. The number of hydrogen-bond donors (Lipinski definition) is 2. The number of nitrogens with zero attached hydrogens (tertiary/aromatic N) is 1. The first-order chi connectivity index (χ1) is 12.0. The van der Waals surface area contributed by atoms with Crippen molar-refractivity contribution in [2.75, 3.05) is 31.0 Å². The minimum atomic E-state index is -0.342. The molecule has 0 radical (unpaired) electrons.